The molecule has 0 aliphatic carbocycles. The topological polar surface area (TPSA) is 82.5 Å². The summed E-state index contributed by atoms with van der Waals surface area (Å²) >= 11 is 0. The fourth-order valence-electron chi connectivity index (χ4n) is 3.92. The van der Waals surface area contributed by atoms with E-state index in [1.165, 1.54) is 19.5 Å². The smallest absolute Gasteiger partial charge is 0.422 e. The molecule has 5 rings (SSSR count). The van der Waals surface area contributed by atoms with E-state index in [0.29, 0.717) is 42.1 Å². The Morgan fingerprint density at radius 2 is 1.85 bits per heavy atom. The SMILES string of the molecule is COc1cc2ncnc(N3CCC(Oc4cnc5ccccc5n4)C3)c2cc1OCC(F)(F)F. The van der Waals surface area contributed by atoms with Crippen molar-refractivity contribution in [1.82, 2.24) is 19.9 Å². The number of methoxy groups -OCH3 is 1. The lowest BCUT2D eigenvalue weighted by atomic mass is 10.2. The number of anilines is 1. The van der Waals surface area contributed by atoms with Crippen LogP contribution in [0.4, 0.5) is 19.0 Å². The molecule has 0 amide bonds. The van der Waals surface area contributed by atoms with Gasteiger partial charge in [0.05, 0.1) is 36.4 Å². The van der Waals surface area contributed by atoms with Gasteiger partial charge in [0.1, 0.15) is 18.2 Å². The Morgan fingerprint density at radius 1 is 1.03 bits per heavy atom. The second kappa shape index (κ2) is 8.81. The van der Waals surface area contributed by atoms with Crippen molar-refractivity contribution in [2.45, 2.75) is 18.7 Å². The average molecular weight is 471 g/mol. The molecule has 1 atom stereocenters. The molecule has 8 nitrogen and oxygen atoms in total. The molecular weight excluding hydrogens is 451 g/mol. The number of rotatable bonds is 6. The van der Waals surface area contributed by atoms with Crippen LogP contribution in [0.1, 0.15) is 6.42 Å². The van der Waals surface area contributed by atoms with Gasteiger partial charge in [-0.3, -0.25) is 0 Å². The second-order valence-corrected chi connectivity index (χ2v) is 7.79. The Labute approximate surface area is 192 Å². The number of para-hydroxylation sites is 2. The van der Waals surface area contributed by atoms with Crippen LogP contribution < -0.4 is 19.1 Å². The van der Waals surface area contributed by atoms with Crippen molar-refractivity contribution in [3.8, 4) is 17.4 Å². The lowest BCUT2D eigenvalue weighted by molar-refractivity contribution is -0.153. The zero-order valence-electron chi connectivity index (χ0n) is 18.1. The van der Waals surface area contributed by atoms with Gasteiger partial charge in [-0.15, -0.1) is 0 Å². The number of fused-ring (bicyclic) bond motifs is 2. The molecule has 0 N–H and O–H groups in total. The summed E-state index contributed by atoms with van der Waals surface area (Å²) in [5.41, 5.74) is 2.07. The van der Waals surface area contributed by atoms with Crippen molar-refractivity contribution in [1.29, 1.82) is 0 Å². The highest BCUT2D eigenvalue weighted by Gasteiger charge is 2.30. The molecule has 1 unspecified atom stereocenters. The molecule has 3 heterocycles. The number of halogens is 3. The standard InChI is InChI=1S/C23H20F3N5O3/c1-32-19-9-18-15(8-20(19)33-12-23(24,25)26)22(29-13-28-18)31-7-6-14(11-31)34-21-10-27-16-4-2-3-5-17(16)30-21/h2-5,8-10,13-14H,6-7,11-12H2,1H3. The highest BCUT2D eigenvalue weighted by molar-refractivity contribution is 5.92. The van der Waals surface area contributed by atoms with Crippen LogP contribution in [0.2, 0.25) is 0 Å². The first-order chi connectivity index (χ1) is 16.4. The van der Waals surface area contributed by atoms with Crippen LogP contribution in [0.25, 0.3) is 21.9 Å². The van der Waals surface area contributed by atoms with Crippen LogP contribution >= 0.6 is 0 Å². The largest absolute Gasteiger partial charge is 0.493 e. The third kappa shape index (κ3) is 4.59. The van der Waals surface area contributed by atoms with Crippen molar-refractivity contribution < 1.29 is 27.4 Å². The monoisotopic (exact) mass is 471 g/mol. The number of alkyl halides is 3. The molecule has 0 saturated carbocycles. The Hall–Kier alpha value is -3.89. The van der Waals surface area contributed by atoms with E-state index in [-0.39, 0.29) is 17.6 Å². The van der Waals surface area contributed by atoms with Gasteiger partial charge >= 0.3 is 6.18 Å². The summed E-state index contributed by atoms with van der Waals surface area (Å²) in [5.74, 6) is 1.16. The van der Waals surface area contributed by atoms with Crippen LogP contribution in [0.3, 0.4) is 0 Å². The molecule has 2 aromatic heterocycles. The maximum absolute atomic E-state index is 12.7. The maximum atomic E-state index is 12.7. The van der Waals surface area contributed by atoms with Gasteiger partial charge in [0, 0.05) is 24.4 Å². The minimum Gasteiger partial charge on any atom is -0.493 e. The first-order valence-corrected chi connectivity index (χ1v) is 10.6. The molecule has 0 spiro atoms. The molecular formula is C23H20F3N5O3. The second-order valence-electron chi connectivity index (χ2n) is 7.79. The normalized spacial score (nSPS) is 16.2. The van der Waals surface area contributed by atoms with Crippen molar-refractivity contribution >= 4 is 27.8 Å². The van der Waals surface area contributed by atoms with Gasteiger partial charge < -0.3 is 19.1 Å². The highest BCUT2D eigenvalue weighted by atomic mass is 19.4. The Kier molecular flexibility index (Phi) is 5.68. The number of hydrogen-bond donors (Lipinski definition) is 0. The van der Waals surface area contributed by atoms with Gasteiger partial charge in [-0.05, 0) is 18.2 Å². The van der Waals surface area contributed by atoms with Crippen molar-refractivity contribution in [2.24, 2.45) is 0 Å². The van der Waals surface area contributed by atoms with Gasteiger partial charge in [0.25, 0.3) is 0 Å². The molecule has 2 aromatic carbocycles. The third-order valence-corrected chi connectivity index (χ3v) is 5.45. The van der Waals surface area contributed by atoms with Crippen molar-refractivity contribution in [2.75, 3.05) is 31.7 Å². The summed E-state index contributed by atoms with van der Waals surface area (Å²) < 4.78 is 54.3. The summed E-state index contributed by atoms with van der Waals surface area (Å²) in [6, 6.07) is 10.6. The molecule has 34 heavy (non-hydrogen) atoms. The Morgan fingerprint density at radius 3 is 2.65 bits per heavy atom. The summed E-state index contributed by atoms with van der Waals surface area (Å²) in [4.78, 5) is 19.5. The van der Waals surface area contributed by atoms with E-state index in [2.05, 4.69) is 19.9 Å². The van der Waals surface area contributed by atoms with Crippen LogP contribution in [-0.4, -0.2) is 59.0 Å². The first-order valence-electron chi connectivity index (χ1n) is 10.6. The van der Waals surface area contributed by atoms with Crippen molar-refractivity contribution in [3.05, 3.63) is 48.9 Å². The number of aromatic nitrogens is 4. The predicted octanol–water partition coefficient (Wildman–Crippen LogP) is 4.18. The van der Waals surface area contributed by atoms with E-state index < -0.39 is 12.8 Å². The van der Waals surface area contributed by atoms with E-state index >= 15 is 0 Å². The molecule has 1 aliphatic rings. The summed E-state index contributed by atoms with van der Waals surface area (Å²) in [6.07, 6.45) is -0.896. The minimum absolute atomic E-state index is 0.0261. The van der Waals surface area contributed by atoms with Gasteiger partial charge in [0.15, 0.2) is 18.1 Å². The van der Waals surface area contributed by atoms with E-state index in [9.17, 15) is 13.2 Å². The van der Waals surface area contributed by atoms with Crippen molar-refractivity contribution in [3.63, 3.8) is 0 Å². The fourth-order valence-corrected chi connectivity index (χ4v) is 3.92. The molecule has 0 bridgehead atoms. The zero-order valence-corrected chi connectivity index (χ0v) is 18.1. The summed E-state index contributed by atoms with van der Waals surface area (Å²) in [5, 5.41) is 0.562. The average Bonchev–Trinajstić information content (AvgIpc) is 3.29. The Bertz CT molecular complexity index is 1330. The number of ether oxygens (including phenoxy) is 3. The Balaban J connectivity index is 1.38. The summed E-state index contributed by atoms with van der Waals surface area (Å²) in [7, 11) is 1.36. The van der Waals surface area contributed by atoms with E-state index in [1.54, 1.807) is 12.3 Å². The number of hydrogen-bond acceptors (Lipinski definition) is 8. The van der Waals surface area contributed by atoms with E-state index in [4.69, 9.17) is 14.2 Å². The van der Waals surface area contributed by atoms with Gasteiger partial charge in [0.2, 0.25) is 5.88 Å². The lowest BCUT2D eigenvalue weighted by Gasteiger charge is -2.20. The highest BCUT2D eigenvalue weighted by Crippen LogP contribution is 2.36. The minimum atomic E-state index is -4.47. The quantitative estimate of drug-likeness (QED) is 0.414. The van der Waals surface area contributed by atoms with Gasteiger partial charge in [-0.2, -0.15) is 13.2 Å². The van der Waals surface area contributed by atoms with Crippen LogP contribution in [0.5, 0.6) is 17.4 Å². The molecule has 1 aliphatic heterocycles. The maximum Gasteiger partial charge on any atom is 0.422 e. The van der Waals surface area contributed by atoms with Crippen LogP contribution in [-0.2, 0) is 0 Å². The van der Waals surface area contributed by atoms with Crippen LogP contribution in [0, 0.1) is 0 Å². The lowest BCUT2D eigenvalue weighted by Crippen LogP contribution is -2.25. The molecule has 0 radical (unpaired) electrons. The van der Waals surface area contributed by atoms with E-state index in [0.717, 1.165) is 11.0 Å². The number of nitrogens with zero attached hydrogens (tertiary/aromatic N) is 5. The molecule has 4 aromatic rings. The molecule has 11 heteroatoms. The predicted molar refractivity (Wildman–Crippen MR) is 118 cm³/mol. The molecule has 176 valence electrons. The fraction of sp³-hybridized carbons (Fsp3) is 0.304. The zero-order chi connectivity index (χ0) is 23.7. The summed E-state index contributed by atoms with van der Waals surface area (Å²) in [6.45, 7) is -0.266. The number of benzene rings is 2. The van der Waals surface area contributed by atoms with Gasteiger partial charge in [-0.1, -0.05) is 12.1 Å². The van der Waals surface area contributed by atoms with E-state index in [1.807, 2.05) is 29.2 Å². The molecule has 1 saturated heterocycles. The van der Waals surface area contributed by atoms with Crippen LogP contribution in [0.15, 0.2) is 48.9 Å². The molecule has 1 fully saturated rings. The third-order valence-electron chi connectivity index (χ3n) is 5.45. The van der Waals surface area contributed by atoms with Gasteiger partial charge in [-0.25, -0.2) is 19.9 Å². The first kappa shape index (κ1) is 21.9.